The van der Waals surface area contributed by atoms with Gasteiger partial charge in [0.05, 0.1) is 16.7 Å². The molecule has 102 valence electrons. The Kier molecular flexibility index (Phi) is 4.27. The van der Waals surface area contributed by atoms with Crippen LogP contribution in [0.5, 0.6) is 0 Å². The zero-order chi connectivity index (χ0) is 14.0. The molecule has 0 saturated carbocycles. The first kappa shape index (κ1) is 14.1. The lowest BCUT2D eigenvalue weighted by Gasteiger charge is -2.18. The van der Waals surface area contributed by atoms with Crippen LogP contribution in [0.25, 0.3) is 0 Å². The number of hydrogen-bond donors (Lipinski definition) is 1. The first-order valence-corrected chi connectivity index (χ1v) is 6.96. The summed E-state index contributed by atoms with van der Waals surface area (Å²) in [5.74, 6) is -0.837. The van der Waals surface area contributed by atoms with Crippen molar-refractivity contribution in [2.24, 2.45) is 0 Å². The van der Waals surface area contributed by atoms with Crippen molar-refractivity contribution in [2.45, 2.75) is 26.8 Å². The molecule has 1 heterocycles. The second-order valence-corrected chi connectivity index (χ2v) is 5.57. The van der Waals surface area contributed by atoms with Gasteiger partial charge in [-0.15, -0.1) is 11.3 Å². The van der Waals surface area contributed by atoms with Crippen molar-refractivity contribution in [1.82, 2.24) is 10.3 Å². The number of rotatable bonds is 4. The third-order valence-corrected chi connectivity index (χ3v) is 4.02. The van der Waals surface area contributed by atoms with Gasteiger partial charge < -0.3 is 5.32 Å². The first-order valence-electron chi connectivity index (χ1n) is 6.15. The maximum absolute atomic E-state index is 13.9. The molecule has 0 fully saturated rings. The van der Waals surface area contributed by atoms with E-state index in [1.165, 1.54) is 17.4 Å². The normalized spacial score (nSPS) is 12.7. The molecule has 1 aromatic heterocycles. The van der Waals surface area contributed by atoms with Crippen molar-refractivity contribution in [3.8, 4) is 0 Å². The molecule has 2 aromatic rings. The zero-order valence-corrected chi connectivity index (χ0v) is 11.9. The molecular formula is C14H16F2N2S. The van der Waals surface area contributed by atoms with Crippen LogP contribution < -0.4 is 5.32 Å². The van der Waals surface area contributed by atoms with Gasteiger partial charge in [-0.25, -0.2) is 13.8 Å². The molecule has 19 heavy (non-hydrogen) atoms. The number of aromatic nitrogens is 1. The lowest BCUT2D eigenvalue weighted by Crippen LogP contribution is -2.23. The van der Waals surface area contributed by atoms with Gasteiger partial charge >= 0.3 is 0 Å². The molecular weight excluding hydrogens is 266 g/mol. The van der Waals surface area contributed by atoms with E-state index in [0.717, 1.165) is 27.7 Å². The van der Waals surface area contributed by atoms with Crippen LogP contribution in [0.15, 0.2) is 18.2 Å². The van der Waals surface area contributed by atoms with Gasteiger partial charge in [0.25, 0.3) is 0 Å². The summed E-state index contributed by atoms with van der Waals surface area (Å²) in [6.07, 6.45) is 0. The van der Waals surface area contributed by atoms with Crippen LogP contribution in [-0.2, 0) is 0 Å². The predicted molar refractivity (Wildman–Crippen MR) is 73.5 cm³/mol. The van der Waals surface area contributed by atoms with Gasteiger partial charge in [0.2, 0.25) is 0 Å². The lowest BCUT2D eigenvalue weighted by molar-refractivity contribution is 0.547. The van der Waals surface area contributed by atoms with Crippen LogP contribution in [0.2, 0.25) is 0 Å². The van der Waals surface area contributed by atoms with Gasteiger partial charge in [0.15, 0.2) is 0 Å². The summed E-state index contributed by atoms with van der Waals surface area (Å²) in [4.78, 5) is 5.29. The summed E-state index contributed by atoms with van der Waals surface area (Å²) in [5.41, 5.74) is 1.19. The third kappa shape index (κ3) is 2.98. The van der Waals surface area contributed by atoms with Gasteiger partial charge in [-0.3, -0.25) is 0 Å². The molecule has 0 aliphatic carbocycles. The van der Waals surface area contributed by atoms with Crippen LogP contribution in [-0.4, -0.2) is 11.5 Å². The molecule has 1 unspecified atom stereocenters. The van der Waals surface area contributed by atoms with Crippen molar-refractivity contribution >= 4 is 11.3 Å². The maximum Gasteiger partial charge on any atom is 0.128 e. The van der Waals surface area contributed by atoms with Gasteiger partial charge in [0.1, 0.15) is 11.6 Å². The van der Waals surface area contributed by atoms with E-state index in [2.05, 4.69) is 10.3 Å². The molecule has 0 aliphatic heterocycles. The lowest BCUT2D eigenvalue weighted by atomic mass is 10.0. The monoisotopic (exact) mass is 282 g/mol. The van der Waals surface area contributed by atoms with Crippen LogP contribution in [0.4, 0.5) is 8.78 Å². The Bertz CT molecular complexity index is 581. The first-order chi connectivity index (χ1) is 9.02. The molecule has 2 nitrogen and oxygen atoms in total. The minimum atomic E-state index is -0.432. The molecule has 1 N–H and O–H groups in total. The van der Waals surface area contributed by atoms with Crippen LogP contribution in [0.1, 0.15) is 34.1 Å². The molecule has 0 amide bonds. The second kappa shape index (κ2) is 5.75. The van der Waals surface area contributed by atoms with Crippen molar-refractivity contribution in [2.75, 3.05) is 6.54 Å². The van der Waals surface area contributed by atoms with Gasteiger partial charge in [-0.2, -0.15) is 0 Å². The topological polar surface area (TPSA) is 24.9 Å². The molecule has 0 saturated heterocycles. The van der Waals surface area contributed by atoms with E-state index >= 15 is 0 Å². The summed E-state index contributed by atoms with van der Waals surface area (Å²) in [5, 5.41) is 4.12. The van der Waals surface area contributed by atoms with E-state index in [0.29, 0.717) is 12.1 Å². The predicted octanol–water partition coefficient (Wildman–Crippen LogP) is 3.74. The summed E-state index contributed by atoms with van der Waals surface area (Å²) in [6.45, 7) is 6.40. The van der Waals surface area contributed by atoms with Crippen molar-refractivity contribution in [1.29, 1.82) is 0 Å². The number of aryl methyl sites for hydroxylation is 2. The molecule has 0 radical (unpaired) electrons. The molecule has 5 heteroatoms. The molecule has 1 aromatic carbocycles. The van der Waals surface area contributed by atoms with E-state index in [-0.39, 0.29) is 6.04 Å². The average molecular weight is 282 g/mol. The quantitative estimate of drug-likeness (QED) is 0.924. The van der Waals surface area contributed by atoms with E-state index in [9.17, 15) is 8.78 Å². The Balaban J connectivity index is 2.51. The Morgan fingerprint density at radius 2 is 2.05 bits per heavy atom. The van der Waals surface area contributed by atoms with Crippen molar-refractivity contribution in [3.63, 3.8) is 0 Å². The van der Waals surface area contributed by atoms with Crippen molar-refractivity contribution < 1.29 is 8.78 Å². The average Bonchev–Trinajstić information content (AvgIpc) is 2.69. The highest BCUT2D eigenvalue weighted by molar-refractivity contribution is 7.11. The number of hydrogen-bond acceptors (Lipinski definition) is 3. The summed E-state index contributed by atoms with van der Waals surface area (Å²) < 4.78 is 27.3. The van der Waals surface area contributed by atoms with E-state index in [1.807, 2.05) is 20.8 Å². The second-order valence-electron chi connectivity index (χ2n) is 4.34. The van der Waals surface area contributed by atoms with Gasteiger partial charge in [0, 0.05) is 10.4 Å². The molecule has 0 aliphatic rings. The minimum Gasteiger partial charge on any atom is -0.306 e. The standard InChI is InChI=1S/C14H16F2N2S/c1-4-17-13(14-8(2)18-9(3)19-14)11-7-10(15)5-6-12(11)16/h5-7,13,17H,4H2,1-3H3. The number of benzene rings is 1. The van der Waals surface area contributed by atoms with Crippen LogP contribution in [0.3, 0.4) is 0 Å². The highest BCUT2D eigenvalue weighted by atomic mass is 32.1. The molecule has 1 atom stereocenters. The van der Waals surface area contributed by atoms with Crippen LogP contribution in [0, 0.1) is 25.5 Å². The van der Waals surface area contributed by atoms with E-state index < -0.39 is 11.6 Å². The number of nitrogens with zero attached hydrogens (tertiary/aromatic N) is 1. The van der Waals surface area contributed by atoms with Crippen molar-refractivity contribution in [3.05, 3.63) is 51.0 Å². The summed E-state index contributed by atoms with van der Waals surface area (Å²) >= 11 is 1.51. The SMILES string of the molecule is CCNC(c1cc(F)ccc1F)c1sc(C)nc1C. The number of halogens is 2. The highest BCUT2D eigenvalue weighted by Gasteiger charge is 2.22. The molecule has 2 rings (SSSR count). The maximum atomic E-state index is 13.9. The highest BCUT2D eigenvalue weighted by Crippen LogP contribution is 2.31. The molecule has 0 bridgehead atoms. The Morgan fingerprint density at radius 3 is 2.63 bits per heavy atom. The minimum absolute atomic E-state index is 0.327. The zero-order valence-electron chi connectivity index (χ0n) is 11.1. The Hall–Kier alpha value is -1.33. The fourth-order valence-corrected chi connectivity index (χ4v) is 3.12. The fourth-order valence-electron chi connectivity index (χ4n) is 2.10. The molecule has 0 spiro atoms. The largest absolute Gasteiger partial charge is 0.306 e. The van der Waals surface area contributed by atoms with E-state index in [4.69, 9.17) is 0 Å². The van der Waals surface area contributed by atoms with Gasteiger partial charge in [-0.1, -0.05) is 6.92 Å². The number of thiazole rings is 1. The van der Waals surface area contributed by atoms with E-state index in [1.54, 1.807) is 0 Å². The number of nitrogens with one attached hydrogen (secondary N) is 1. The smallest absolute Gasteiger partial charge is 0.128 e. The summed E-state index contributed by atoms with van der Waals surface area (Å²) in [7, 11) is 0. The van der Waals surface area contributed by atoms with Crippen LogP contribution >= 0.6 is 11.3 Å². The fraction of sp³-hybridized carbons (Fsp3) is 0.357. The van der Waals surface area contributed by atoms with Gasteiger partial charge in [-0.05, 0) is 38.6 Å². The summed E-state index contributed by atoms with van der Waals surface area (Å²) in [6, 6.07) is 3.19. The Morgan fingerprint density at radius 1 is 1.32 bits per heavy atom. The third-order valence-electron chi connectivity index (χ3n) is 2.88. The Labute approximate surface area is 115 Å².